The number of halogens is 2. The molecular weight excluding hydrogens is 409 g/mol. The lowest BCUT2D eigenvalue weighted by Crippen LogP contribution is -2.43. The summed E-state index contributed by atoms with van der Waals surface area (Å²) >= 11 is 5.97. The van der Waals surface area contributed by atoms with Crippen molar-refractivity contribution in [3.05, 3.63) is 58.9 Å². The SMILES string of the molecule is COc1ccccc1NC(=O)N1CCC(CNC(=O)Cc2c(F)cccc2Cl)CC1. The molecule has 0 saturated carbocycles. The van der Waals surface area contributed by atoms with Gasteiger partial charge in [-0.2, -0.15) is 0 Å². The van der Waals surface area contributed by atoms with Gasteiger partial charge >= 0.3 is 6.03 Å². The van der Waals surface area contributed by atoms with Crippen LogP contribution < -0.4 is 15.4 Å². The number of hydrogen-bond acceptors (Lipinski definition) is 3. The van der Waals surface area contributed by atoms with E-state index in [0.29, 0.717) is 31.1 Å². The van der Waals surface area contributed by atoms with Crippen LogP contribution in [0.4, 0.5) is 14.9 Å². The Morgan fingerprint density at radius 3 is 2.60 bits per heavy atom. The highest BCUT2D eigenvalue weighted by Gasteiger charge is 2.24. The van der Waals surface area contributed by atoms with Crippen LogP contribution in [0.2, 0.25) is 5.02 Å². The van der Waals surface area contributed by atoms with Crippen LogP contribution in [0.3, 0.4) is 0 Å². The molecule has 2 aromatic rings. The summed E-state index contributed by atoms with van der Waals surface area (Å²) in [6.07, 6.45) is 1.46. The summed E-state index contributed by atoms with van der Waals surface area (Å²) in [5, 5.41) is 5.98. The Morgan fingerprint density at radius 2 is 1.90 bits per heavy atom. The van der Waals surface area contributed by atoms with E-state index in [2.05, 4.69) is 10.6 Å². The molecule has 0 atom stereocenters. The number of carbonyl (C=O) groups excluding carboxylic acids is 2. The summed E-state index contributed by atoms with van der Waals surface area (Å²) in [5.41, 5.74) is 0.839. The zero-order valence-electron chi connectivity index (χ0n) is 16.8. The molecule has 30 heavy (non-hydrogen) atoms. The first kappa shape index (κ1) is 21.9. The lowest BCUT2D eigenvalue weighted by Gasteiger charge is -2.32. The van der Waals surface area contributed by atoms with Crippen LogP contribution >= 0.6 is 11.6 Å². The number of rotatable bonds is 6. The van der Waals surface area contributed by atoms with E-state index >= 15 is 0 Å². The Labute approximate surface area is 180 Å². The van der Waals surface area contributed by atoms with Crippen LogP contribution in [0.25, 0.3) is 0 Å². The van der Waals surface area contributed by atoms with E-state index in [1.165, 1.54) is 12.1 Å². The van der Waals surface area contributed by atoms with E-state index in [0.717, 1.165) is 12.8 Å². The molecule has 0 spiro atoms. The zero-order valence-corrected chi connectivity index (χ0v) is 17.5. The minimum atomic E-state index is -0.480. The summed E-state index contributed by atoms with van der Waals surface area (Å²) in [5.74, 6) is 0.129. The molecule has 1 aliphatic rings. The monoisotopic (exact) mass is 433 g/mol. The average molecular weight is 434 g/mol. The van der Waals surface area contributed by atoms with Crippen LogP contribution in [-0.2, 0) is 11.2 Å². The summed E-state index contributed by atoms with van der Waals surface area (Å²) in [7, 11) is 1.56. The number of methoxy groups -OCH3 is 1. The van der Waals surface area contributed by atoms with Crippen molar-refractivity contribution < 1.29 is 18.7 Å². The van der Waals surface area contributed by atoms with Crippen molar-refractivity contribution in [2.45, 2.75) is 19.3 Å². The van der Waals surface area contributed by atoms with Crippen LogP contribution in [0, 0.1) is 11.7 Å². The molecular formula is C22H25ClFN3O3. The quantitative estimate of drug-likeness (QED) is 0.720. The third kappa shape index (κ3) is 5.63. The maximum absolute atomic E-state index is 13.8. The van der Waals surface area contributed by atoms with Gasteiger partial charge in [-0.05, 0) is 43.0 Å². The first-order valence-corrected chi connectivity index (χ1v) is 10.2. The fourth-order valence-corrected chi connectivity index (χ4v) is 3.69. The zero-order chi connectivity index (χ0) is 21.5. The van der Waals surface area contributed by atoms with Crippen LogP contribution in [0.5, 0.6) is 5.75 Å². The van der Waals surface area contributed by atoms with Crippen LogP contribution in [0.1, 0.15) is 18.4 Å². The number of likely N-dealkylation sites (tertiary alicyclic amines) is 1. The first-order valence-electron chi connectivity index (χ1n) is 9.86. The minimum Gasteiger partial charge on any atom is -0.495 e. The van der Waals surface area contributed by atoms with Gasteiger partial charge in [0.05, 0.1) is 19.2 Å². The van der Waals surface area contributed by atoms with Gasteiger partial charge in [-0.3, -0.25) is 4.79 Å². The molecule has 0 radical (unpaired) electrons. The van der Waals surface area contributed by atoms with Gasteiger partial charge in [-0.25, -0.2) is 9.18 Å². The molecule has 2 N–H and O–H groups in total. The van der Waals surface area contributed by atoms with Crippen LogP contribution in [0.15, 0.2) is 42.5 Å². The normalized spacial score (nSPS) is 14.3. The number of carbonyl (C=O) groups is 2. The van der Waals surface area contributed by atoms with Gasteiger partial charge in [0.2, 0.25) is 5.91 Å². The molecule has 8 heteroatoms. The number of amides is 3. The topological polar surface area (TPSA) is 70.7 Å². The number of piperidine rings is 1. The number of urea groups is 1. The second-order valence-corrected chi connectivity index (χ2v) is 7.65. The fraction of sp³-hybridized carbons (Fsp3) is 0.364. The van der Waals surface area contributed by atoms with Crippen molar-refractivity contribution >= 4 is 29.2 Å². The van der Waals surface area contributed by atoms with E-state index in [1.807, 2.05) is 12.1 Å². The van der Waals surface area contributed by atoms with E-state index in [4.69, 9.17) is 16.3 Å². The predicted octanol–water partition coefficient (Wildman–Crippen LogP) is 4.09. The van der Waals surface area contributed by atoms with Gasteiger partial charge in [-0.1, -0.05) is 29.8 Å². The van der Waals surface area contributed by atoms with Crippen LogP contribution in [-0.4, -0.2) is 43.6 Å². The Bertz CT molecular complexity index is 881. The van der Waals surface area contributed by atoms with E-state index in [-0.39, 0.29) is 34.9 Å². The van der Waals surface area contributed by atoms with Crippen molar-refractivity contribution in [1.82, 2.24) is 10.2 Å². The Hall–Kier alpha value is -2.80. The molecule has 1 saturated heterocycles. The lowest BCUT2D eigenvalue weighted by molar-refractivity contribution is -0.120. The molecule has 0 bridgehead atoms. The second kappa shape index (κ2) is 10.3. The summed E-state index contributed by atoms with van der Waals surface area (Å²) < 4.78 is 19.1. The van der Waals surface area contributed by atoms with Crippen molar-refractivity contribution in [1.29, 1.82) is 0 Å². The third-order valence-corrected chi connectivity index (χ3v) is 5.59. The number of anilines is 1. The fourth-order valence-electron chi connectivity index (χ4n) is 3.46. The molecule has 1 fully saturated rings. The van der Waals surface area contributed by atoms with Crippen molar-refractivity contribution in [3.63, 3.8) is 0 Å². The Kier molecular flexibility index (Phi) is 7.52. The highest BCUT2D eigenvalue weighted by atomic mass is 35.5. The molecule has 0 aromatic heterocycles. The molecule has 0 aliphatic carbocycles. The smallest absolute Gasteiger partial charge is 0.321 e. The highest BCUT2D eigenvalue weighted by molar-refractivity contribution is 6.31. The number of nitrogens with one attached hydrogen (secondary N) is 2. The maximum atomic E-state index is 13.8. The molecule has 160 valence electrons. The van der Waals surface area contributed by atoms with Gasteiger partial charge in [0, 0.05) is 30.2 Å². The van der Waals surface area contributed by atoms with E-state index in [1.54, 1.807) is 30.2 Å². The Morgan fingerprint density at radius 1 is 1.17 bits per heavy atom. The highest BCUT2D eigenvalue weighted by Crippen LogP contribution is 2.24. The molecule has 3 rings (SSSR count). The number of benzene rings is 2. The van der Waals surface area contributed by atoms with E-state index < -0.39 is 5.82 Å². The Balaban J connectivity index is 1.43. The summed E-state index contributed by atoms with van der Waals surface area (Å²) in [4.78, 5) is 26.4. The molecule has 2 aromatic carbocycles. The number of ether oxygens (including phenoxy) is 1. The molecule has 1 heterocycles. The first-order chi connectivity index (χ1) is 14.5. The molecule has 0 unspecified atom stereocenters. The van der Waals surface area contributed by atoms with Gasteiger partial charge in [0.1, 0.15) is 11.6 Å². The van der Waals surface area contributed by atoms with Crippen molar-refractivity contribution in [2.75, 3.05) is 32.1 Å². The van der Waals surface area contributed by atoms with Crippen molar-refractivity contribution in [2.24, 2.45) is 5.92 Å². The predicted molar refractivity (Wildman–Crippen MR) is 114 cm³/mol. The second-order valence-electron chi connectivity index (χ2n) is 7.24. The maximum Gasteiger partial charge on any atom is 0.321 e. The van der Waals surface area contributed by atoms with Gasteiger partial charge in [0.15, 0.2) is 0 Å². The molecule has 3 amide bonds. The van der Waals surface area contributed by atoms with Gasteiger partial charge in [-0.15, -0.1) is 0 Å². The summed E-state index contributed by atoms with van der Waals surface area (Å²) in [6, 6.07) is 11.5. The van der Waals surface area contributed by atoms with Gasteiger partial charge < -0.3 is 20.3 Å². The average Bonchev–Trinajstić information content (AvgIpc) is 2.75. The van der Waals surface area contributed by atoms with Crippen molar-refractivity contribution in [3.8, 4) is 5.75 Å². The van der Waals surface area contributed by atoms with Gasteiger partial charge in [0.25, 0.3) is 0 Å². The third-order valence-electron chi connectivity index (χ3n) is 5.24. The molecule has 6 nitrogen and oxygen atoms in total. The van der Waals surface area contributed by atoms with E-state index in [9.17, 15) is 14.0 Å². The number of nitrogens with zero attached hydrogens (tertiary/aromatic N) is 1. The number of hydrogen-bond donors (Lipinski definition) is 2. The minimum absolute atomic E-state index is 0.0916. The molecule has 1 aliphatic heterocycles. The number of para-hydroxylation sites is 2. The largest absolute Gasteiger partial charge is 0.495 e. The summed E-state index contributed by atoms with van der Waals surface area (Å²) in [6.45, 7) is 1.69. The standard InChI is InChI=1S/C22H25ClFN3O3/c1-30-20-8-3-2-7-19(20)26-22(29)27-11-9-15(10-12-27)14-25-21(28)13-16-17(23)5-4-6-18(16)24/h2-8,15H,9-14H2,1H3,(H,25,28)(H,26,29). The lowest BCUT2D eigenvalue weighted by atomic mass is 9.97.